The molecule has 21 heavy (non-hydrogen) atoms. The van der Waals surface area contributed by atoms with Crippen LogP contribution in [0, 0.1) is 17.1 Å². The van der Waals surface area contributed by atoms with Gasteiger partial charge in [-0.1, -0.05) is 12.1 Å². The van der Waals surface area contributed by atoms with Crippen molar-refractivity contribution in [3.05, 3.63) is 53.3 Å². The summed E-state index contributed by atoms with van der Waals surface area (Å²) in [6, 6.07) is 11.5. The molecule has 0 aliphatic rings. The monoisotopic (exact) mass is 287 g/mol. The molecule has 2 aromatic rings. The highest BCUT2D eigenvalue weighted by Gasteiger charge is 2.09. The van der Waals surface area contributed by atoms with Gasteiger partial charge in [0, 0.05) is 23.8 Å². The SMILES string of the molecule is COc1cc(OC)cc(OCc2cccc(C#N)c2F)c1. The molecule has 0 aliphatic carbocycles. The lowest BCUT2D eigenvalue weighted by molar-refractivity contribution is 0.294. The molecule has 0 saturated heterocycles. The van der Waals surface area contributed by atoms with Gasteiger partial charge in [-0.3, -0.25) is 0 Å². The summed E-state index contributed by atoms with van der Waals surface area (Å²) in [5, 5.41) is 8.80. The summed E-state index contributed by atoms with van der Waals surface area (Å²) in [5.74, 6) is 1.09. The number of rotatable bonds is 5. The molecule has 0 radical (unpaired) electrons. The molecule has 0 heterocycles. The van der Waals surface area contributed by atoms with Crippen LogP contribution in [0.5, 0.6) is 17.2 Å². The molecule has 0 atom stereocenters. The van der Waals surface area contributed by atoms with Gasteiger partial charge in [0.15, 0.2) is 0 Å². The highest BCUT2D eigenvalue weighted by Crippen LogP contribution is 2.28. The Labute approximate surface area is 122 Å². The van der Waals surface area contributed by atoms with Crippen molar-refractivity contribution in [2.24, 2.45) is 0 Å². The Balaban J connectivity index is 2.19. The summed E-state index contributed by atoms with van der Waals surface area (Å²) < 4.78 is 29.7. The van der Waals surface area contributed by atoms with Gasteiger partial charge in [-0.25, -0.2) is 4.39 Å². The zero-order chi connectivity index (χ0) is 15.2. The maximum atomic E-state index is 13.9. The normalized spacial score (nSPS) is 9.81. The van der Waals surface area contributed by atoms with E-state index in [4.69, 9.17) is 19.5 Å². The Kier molecular flexibility index (Phi) is 4.62. The van der Waals surface area contributed by atoms with E-state index < -0.39 is 5.82 Å². The summed E-state index contributed by atoms with van der Waals surface area (Å²) in [4.78, 5) is 0. The lowest BCUT2D eigenvalue weighted by Gasteiger charge is -2.11. The molecule has 0 saturated carbocycles. The molecule has 0 amide bonds. The van der Waals surface area contributed by atoms with E-state index in [1.54, 1.807) is 36.4 Å². The van der Waals surface area contributed by atoms with Crippen LogP contribution in [0.4, 0.5) is 4.39 Å². The molecule has 5 heteroatoms. The van der Waals surface area contributed by atoms with E-state index >= 15 is 0 Å². The van der Waals surface area contributed by atoms with Crippen molar-refractivity contribution < 1.29 is 18.6 Å². The van der Waals surface area contributed by atoms with Crippen molar-refractivity contribution in [3.8, 4) is 23.3 Å². The van der Waals surface area contributed by atoms with Crippen LogP contribution in [-0.2, 0) is 6.61 Å². The Morgan fingerprint density at radius 3 is 2.24 bits per heavy atom. The summed E-state index contributed by atoms with van der Waals surface area (Å²) in [6.45, 7) is 0.0116. The zero-order valence-corrected chi connectivity index (χ0v) is 11.7. The van der Waals surface area contributed by atoms with E-state index in [1.165, 1.54) is 20.3 Å². The minimum absolute atomic E-state index is 0.000627. The van der Waals surface area contributed by atoms with Crippen molar-refractivity contribution in [2.45, 2.75) is 6.61 Å². The van der Waals surface area contributed by atoms with Crippen molar-refractivity contribution in [1.82, 2.24) is 0 Å². The first-order valence-corrected chi connectivity index (χ1v) is 6.21. The predicted molar refractivity (Wildman–Crippen MR) is 75.0 cm³/mol. The minimum Gasteiger partial charge on any atom is -0.496 e. The molecule has 0 unspecified atom stereocenters. The number of benzene rings is 2. The molecule has 4 nitrogen and oxygen atoms in total. The molecule has 0 N–H and O–H groups in total. The summed E-state index contributed by atoms with van der Waals surface area (Å²) in [6.07, 6.45) is 0. The number of nitrogens with zero attached hydrogens (tertiary/aromatic N) is 1. The Morgan fingerprint density at radius 1 is 1.05 bits per heavy atom. The van der Waals surface area contributed by atoms with Crippen LogP contribution >= 0.6 is 0 Å². The summed E-state index contributed by atoms with van der Waals surface area (Å²) in [5.41, 5.74) is 0.315. The van der Waals surface area contributed by atoms with Gasteiger partial charge in [-0.2, -0.15) is 5.26 Å². The van der Waals surface area contributed by atoms with Gasteiger partial charge in [0.1, 0.15) is 35.7 Å². The maximum absolute atomic E-state index is 13.9. The average Bonchev–Trinajstić information content (AvgIpc) is 2.53. The van der Waals surface area contributed by atoms with E-state index in [1.807, 2.05) is 0 Å². The van der Waals surface area contributed by atoms with Gasteiger partial charge in [0.25, 0.3) is 0 Å². The molecular formula is C16H14FNO3. The first-order chi connectivity index (χ1) is 10.2. The van der Waals surface area contributed by atoms with Crippen LogP contribution in [-0.4, -0.2) is 14.2 Å². The third-order valence-electron chi connectivity index (χ3n) is 2.92. The topological polar surface area (TPSA) is 51.5 Å². The molecule has 0 aliphatic heterocycles. The van der Waals surface area contributed by atoms with Crippen LogP contribution in [0.25, 0.3) is 0 Å². The van der Waals surface area contributed by atoms with Gasteiger partial charge < -0.3 is 14.2 Å². The van der Waals surface area contributed by atoms with Crippen molar-refractivity contribution in [3.63, 3.8) is 0 Å². The van der Waals surface area contributed by atoms with Crippen LogP contribution in [0.15, 0.2) is 36.4 Å². The van der Waals surface area contributed by atoms with Gasteiger partial charge in [-0.05, 0) is 6.07 Å². The van der Waals surface area contributed by atoms with Gasteiger partial charge in [-0.15, -0.1) is 0 Å². The van der Waals surface area contributed by atoms with Crippen LogP contribution in [0.2, 0.25) is 0 Å². The summed E-state index contributed by atoms with van der Waals surface area (Å²) in [7, 11) is 3.07. The van der Waals surface area contributed by atoms with Gasteiger partial charge in [0.2, 0.25) is 0 Å². The fourth-order valence-corrected chi connectivity index (χ4v) is 1.80. The first kappa shape index (κ1) is 14.7. The molecular weight excluding hydrogens is 273 g/mol. The number of nitriles is 1. The maximum Gasteiger partial charge on any atom is 0.147 e. The molecule has 2 aromatic carbocycles. The molecule has 0 fully saturated rings. The predicted octanol–water partition coefficient (Wildman–Crippen LogP) is 3.29. The van der Waals surface area contributed by atoms with E-state index in [0.29, 0.717) is 22.8 Å². The minimum atomic E-state index is -0.560. The number of methoxy groups -OCH3 is 2. The third-order valence-corrected chi connectivity index (χ3v) is 2.92. The largest absolute Gasteiger partial charge is 0.496 e. The fourth-order valence-electron chi connectivity index (χ4n) is 1.80. The van der Waals surface area contributed by atoms with Gasteiger partial charge in [0.05, 0.1) is 19.8 Å². The van der Waals surface area contributed by atoms with Crippen molar-refractivity contribution in [2.75, 3.05) is 14.2 Å². The first-order valence-electron chi connectivity index (χ1n) is 6.21. The fraction of sp³-hybridized carbons (Fsp3) is 0.188. The second-order valence-electron chi connectivity index (χ2n) is 4.23. The van der Waals surface area contributed by atoms with E-state index in [-0.39, 0.29) is 12.2 Å². The third kappa shape index (κ3) is 3.42. The second kappa shape index (κ2) is 6.62. The van der Waals surface area contributed by atoms with Crippen LogP contribution in [0.3, 0.4) is 0 Å². The summed E-state index contributed by atoms with van der Waals surface area (Å²) >= 11 is 0. The highest BCUT2D eigenvalue weighted by atomic mass is 19.1. The molecule has 0 aromatic heterocycles. The second-order valence-corrected chi connectivity index (χ2v) is 4.23. The van der Waals surface area contributed by atoms with Crippen LogP contribution < -0.4 is 14.2 Å². The molecule has 2 rings (SSSR count). The van der Waals surface area contributed by atoms with E-state index in [9.17, 15) is 4.39 Å². The smallest absolute Gasteiger partial charge is 0.147 e. The van der Waals surface area contributed by atoms with Crippen molar-refractivity contribution >= 4 is 0 Å². The number of ether oxygens (including phenoxy) is 3. The molecule has 0 bridgehead atoms. The van der Waals surface area contributed by atoms with Crippen molar-refractivity contribution in [1.29, 1.82) is 5.26 Å². The average molecular weight is 287 g/mol. The van der Waals surface area contributed by atoms with E-state index in [2.05, 4.69) is 0 Å². The zero-order valence-electron chi connectivity index (χ0n) is 11.7. The van der Waals surface area contributed by atoms with Crippen LogP contribution in [0.1, 0.15) is 11.1 Å². The Hall–Kier alpha value is -2.74. The number of hydrogen-bond acceptors (Lipinski definition) is 4. The molecule has 108 valence electrons. The number of halogens is 1. The highest BCUT2D eigenvalue weighted by molar-refractivity contribution is 5.42. The lowest BCUT2D eigenvalue weighted by atomic mass is 10.1. The molecule has 0 spiro atoms. The lowest BCUT2D eigenvalue weighted by Crippen LogP contribution is -2.01. The van der Waals surface area contributed by atoms with Gasteiger partial charge >= 0.3 is 0 Å². The quantitative estimate of drug-likeness (QED) is 0.846. The Bertz CT molecular complexity index is 657. The van der Waals surface area contributed by atoms with E-state index in [0.717, 1.165) is 0 Å². The Morgan fingerprint density at radius 2 is 1.67 bits per heavy atom. The number of hydrogen-bond donors (Lipinski definition) is 0. The standard InChI is InChI=1S/C16H14FNO3/c1-19-13-6-14(20-2)8-15(7-13)21-10-12-5-3-4-11(9-18)16(12)17/h3-8H,10H2,1-2H3.